The van der Waals surface area contributed by atoms with Crippen LogP contribution in [0.3, 0.4) is 0 Å². The van der Waals surface area contributed by atoms with E-state index in [-0.39, 0.29) is 0 Å². The van der Waals surface area contributed by atoms with Gasteiger partial charge in [-0.1, -0.05) is 38.7 Å². The molecule has 1 aliphatic rings. The van der Waals surface area contributed by atoms with Gasteiger partial charge in [-0.15, -0.1) is 0 Å². The minimum absolute atomic E-state index is 0.396. The highest BCUT2D eigenvalue weighted by Gasteiger charge is 2.21. The highest BCUT2D eigenvalue weighted by Crippen LogP contribution is 2.32. The van der Waals surface area contributed by atoms with Crippen LogP contribution in [0, 0.1) is 0 Å². The Morgan fingerprint density at radius 3 is 2.95 bits per heavy atom. The number of phenolic OH excluding ortho intramolecular Hbond substituents is 1. The number of phenols is 1. The second-order valence-corrected chi connectivity index (χ2v) is 6.24. The maximum atomic E-state index is 9.71. The lowest BCUT2D eigenvalue weighted by atomic mass is 9.87. The van der Waals surface area contributed by atoms with Crippen LogP contribution in [0.5, 0.6) is 5.75 Å². The van der Waals surface area contributed by atoms with Gasteiger partial charge in [-0.25, -0.2) is 0 Å². The summed E-state index contributed by atoms with van der Waals surface area (Å²) in [7, 11) is 0. The van der Waals surface area contributed by atoms with E-state index in [1.54, 1.807) is 0 Å². The Morgan fingerprint density at radius 2 is 2.15 bits per heavy atom. The van der Waals surface area contributed by atoms with Crippen LogP contribution < -0.4 is 5.32 Å². The molecule has 1 aromatic carbocycles. The van der Waals surface area contributed by atoms with Crippen LogP contribution >= 0.6 is 0 Å². The molecule has 0 heterocycles. The summed E-state index contributed by atoms with van der Waals surface area (Å²) in [6.07, 6.45) is 10.2. The number of unbranched alkanes of at least 4 members (excludes halogenated alkanes) is 3. The van der Waals surface area contributed by atoms with Crippen molar-refractivity contribution in [3.8, 4) is 5.75 Å². The van der Waals surface area contributed by atoms with E-state index in [0.717, 1.165) is 6.42 Å². The van der Waals surface area contributed by atoms with Crippen LogP contribution in [-0.2, 0) is 6.42 Å². The summed E-state index contributed by atoms with van der Waals surface area (Å²) in [5.74, 6) is 0.396. The smallest absolute Gasteiger partial charge is 0.115 e. The Kier molecular flexibility index (Phi) is 5.90. The molecule has 0 bridgehead atoms. The van der Waals surface area contributed by atoms with E-state index in [1.807, 2.05) is 12.1 Å². The van der Waals surface area contributed by atoms with E-state index in [4.69, 9.17) is 0 Å². The Balaban J connectivity index is 1.89. The highest BCUT2D eigenvalue weighted by molar-refractivity contribution is 5.38. The number of hydrogen-bond acceptors (Lipinski definition) is 2. The van der Waals surface area contributed by atoms with Crippen molar-refractivity contribution in [2.75, 3.05) is 0 Å². The van der Waals surface area contributed by atoms with Crippen LogP contribution in [-0.4, -0.2) is 11.1 Å². The zero-order valence-corrected chi connectivity index (χ0v) is 13.0. The second-order valence-electron chi connectivity index (χ2n) is 6.24. The van der Waals surface area contributed by atoms with Crippen molar-refractivity contribution in [1.82, 2.24) is 5.32 Å². The Hall–Kier alpha value is -1.02. The number of aromatic hydroxyl groups is 1. The summed E-state index contributed by atoms with van der Waals surface area (Å²) < 4.78 is 0. The number of hydrogen-bond donors (Lipinski definition) is 2. The van der Waals surface area contributed by atoms with Crippen LogP contribution in [0.25, 0.3) is 0 Å². The second kappa shape index (κ2) is 7.68. The average Bonchev–Trinajstić information content (AvgIpc) is 2.44. The SMILES string of the molecule is CCCCCCC(C)NC1CCCc2ccc(O)cc21. The van der Waals surface area contributed by atoms with Crippen molar-refractivity contribution in [1.29, 1.82) is 0 Å². The van der Waals surface area contributed by atoms with Crippen molar-refractivity contribution in [3.63, 3.8) is 0 Å². The number of benzene rings is 1. The first-order chi connectivity index (χ1) is 9.70. The topological polar surface area (TPSA) is 32.3 Å². The normalized spacial score (nSPS) is 19.6. The van der Waals surface area contributed by atoms with E-state index in [2.05, 4.69) is 25.2 Å². The monoisotopic (exact) mass is 275 g/mol. The predicted molar refractivity (Wildman–Crippen MR) is 85.1 cm³/mol. The van der Waals surface area contributed by atoms with Gasteiger partial charge in [0, 0.05) is 12.1 Å². The molecule has 0 aromatic heterocycles. The van der Waals surface area contributed by atoms with Crippen molar-refractivity contribution < 1.29 is 5.11 Å². The molecule has 1 aliphatic carbocycles. The van der Waals surface area contributed by atoms with Crippen molar-refractivity contribution >= 4 is 0 Å². The van der Waals surface area contributed by atoms with Crippen LogP contribution in [0.4, 0.5) is 0 Å². The van der Waals surface area contributed by atoms with Gasteiger partial charge in [-0.3, -0.25) is 0 Å². The fraction of sp³-hybridized carbons (Fsp3) is 0.667. The molecular weight excluding hydrogens is 246 g/mol. The lowest BCUT2D eigenvalue weighted by molar-refractivity contribution is 0.384. The van der Waals surface area contributed by atoms with Gasteiger partial charge >= 0.3 is 0 Å². The lowest BCUT2D eigenvalue weighted by Crippen LogP contribution is -2.32. The van der Waals surface area contributed by atoms with E-state index in [9.17, 15) is 5.11 Å². The fourth-order valence-electron chi connectivity index (χ4n) is 3.26. The molecule has 20 heavy (non-hydrogen) atoms. The number of nitrogens with one attached hydrogen (secondary N) is 1. The fourth-order valence-corrected chi connectivity index (χ4v) is 3.26. The molecule has 0 radical (unpaired) electrons. The number of fused-ring (bicyclic) bond motifs is 1. The van der Waals surface area contributed by atoms with E-state index in [0.29, 0.717) is 17.8 Å². The third-order valence-electron chi connectivity index (χ3n) is 4.42. The molecule has 0 spiro atoms. The molecular formula is C18H29NO. The predicted octanol–water partition coefficient (Wildman–Crippen LogP) is 4.72. The Labute approximate surface area is 123 Å². The van der Waals surface area contributed by atoms with Crippen LogP contribution in [0.2, 0.25) is 0 Å². The number of aryl methyl sites for hydroxylation is 1. The van der Waals surface area contributed by atoms with Crippen LogP contribution in [0.15, 0.2) is 18.2 Å². The first-order valence-electron chi connectivity index (χ1n) is 8.28. The van der Waals surface area contributed by atoms with Crippen molar-refractivity contribution in [3.05, 3.63) is 29.3 Å². The maximum Gasteiger partial charge on any atom is 0.115 e. The first kappa shape index (κ1) is 15.4. The minimum atomic E-state index is 0.396. The van der Waals surface area contributed by atoms with Gasteiger partial charge in [0.2, 0.25) is 0 Å². The molecule has 2 unspecified atom stereocenters. The van der Waals surface area contributed by atoms with Crippen molar-refractivity contribution in [2.24, 2.45) is 0 Å². The van der Waals surface area contributed by atoms with E-state index < -0.39 is 0 Å². The Morgan fingerprint density at radius 1 is 1.30 bits per heavy atom. The third kappa shape index (κ3) is 4.24. The van der Waals surface area contributed by atoms with Gasteiger partial charge in [-0.05, 0) is 55.9 Å². The Bertz CT molecular complexity index is 416. The molecule has 0 saturated heterocycles. The summed E-state index contributed by atoms with van der Waals surface area (Å²) in [6, 6.07) is 6.84. The molecule has 1 aromatic rings. The van der Waals surface area contributed by atoms with Gasteiger partial charge in [0.05, 0.1) is 0 Å². The quantitative estimate of drug-likeness (QED) is 0.706. The maximum absolute atomic E-state index is 9.71. The highest BCUT2D eigenvalue weighted by atomic mass is 16.3. The van der Waals surface area contributed by atoms with Gasteiger partial charge in [-0.2, -0.15) is 0 Å². The zero-order chi connectivity index (χ0) is 14.4. The molecule has 0 aliphatic heterocycles. The molecule has 2 nitrogen and oxygen atoms in total. The summed E-state index contributed by atoms with van der Waals surface area (Å²) in [5, 5.41) is 13.5. The summed E-state index contributed by atoms with van der Waals surface area (Å²) in [5.41, 5.74) is 2.72. The third-order valence-corrected chi connectivity index (χ3v) is 4.42. The molecule has 0 saturated carbocycles. The standard InChI is InChI=1S/C18H29NO/c1-3-4-5-6-8-14(2)19-18-10-7-9-15-11-12-16(20)13-17(15)18/h11-14,18-20H,3-10H2,1-2H3. The lowest BCUT2D eigenvalue weighted by Gasteiger charge is -2.29. The van der Waals surface area contributed by atoms with Gasteiger partial charge in [0.25, 0.3) is 0 Å². The molecule has 2 rings (SSSR count). The molecule has 2 atom stereocenters. The summed E-state index contributed by atoms with van der Waals surface area (Å²) in [6.45, 7) is 4.55. The van der Waals surface area contributed by atoms with Gasteiger partial charge < -0.3 is 10.4 Å². The first-order valence-corrected chi connectivity index (χ1v) is 8.28. The summed E-state index contributed by atoms with van der Waals surface area (Å²) in [4.78, 5) is 0. The average molecular weight is 275 g/mol. The van der Waals surface area contributed by atoms with Crippen LogP contribution in [0.1, 0.15) is 76.0 Å². The van der Waals surface area contributed by atoms with E-state index in [1.165, 1.54) is 56.1 Å². The molecule has 2 heteroatoms. The minimum Gasteiger partial charge on any atom is -0.508 e. The molecule has 112 valence electrons. The number of rotatable bonds is 7. The molecule has 0 amide bonds. The molecule has 0 fully saturated rings. The van der Waals surface area contributed by atoms with Gasteiger partial charge in [0.1, 0.15) is 5.75 Å². The molecule has 2 N–H and O–H groups in total. The largest absolute Gasteiger partial charge is 0.508 e. The van der Waals surface area contributed by atoms with Gasteiger partial charge in [0.15, 0.2) is 0 Å². The summed E-state index contributed by atoms with van der Waals surface area (Å²) >= 11 is 0. The zero-order valence-electron chi connectivity index (χ0n) is 13.0. The van der Waals surface area contributed by atoms with Crippen molar-refractivity contribution in [2.45, 2.75) is 77.3 Å². The van der Waals surface area contributed by atoms with E-state index >= 15 is 0 Å².